The van der Waals surface area contributed by atoms with Crippen LogP contribution in [0, 0.1) is 0 Å². The Hall–Kier alpha value is -2.27. The number of hydrogen-bond donors (Lipinski definition) is 3. The van der Waals surface area contributed by atoms with Crippen LogP contribution in [0.1, 0.15) is 18.4 Å². The number of anilines is 1. The van der Waals surface area contributed by atoms with Crippen molar-refractivity contribution in [3.05, 3.63) is 86.0 Å². The van der Waals surface area contributed by atoms with Crippen LogP contribution in [0.5, 0.6) is 0 Å². The summed E-state index contributed by atoms with van der Waals surface area (Å²) in [5, 5.41) is 8.80. The number of benzene rings is 2. The van der Waals surface area contributed by atoms with Gasteiger partial charge in [-0.05, 0) is 48.2 Å². The van der Waals surface area contributed by atoms with E-state index in [4.69, 9.17) is 23.2 Å². The van der Waals surface area contributed by atoms with Crippen LogP contribution in [0.4, 0.5) is 5.82 Å². The number of hydrogen-bond acceptors (Lipinski definition) is 3. The van der Waals surface area contributed by atoms with Gasteiger partial charge in [0.25, 0.3) is 0 Å². The average Bonchev–Trinajstić information content (AvgIpc) is 3.15. The maximum atomic E-state index is 12.3. The number of nitrogens with one attached hydrogen (secondary N) is 3. The second-order valence-corrected chi connectivity index (χ2v) is 7.80. The molecular weight excluding hydrogens is 393 g/mol. The van der Waals surface area contributed by atoms with Crippen LogP contribution in [0.2, 0.25) is 10.0 Å². The molecule has 0 saturated carbocycles. The maximum absolute atomic E-state index is 12.3. The van der Waals surface area contributed by atoms with Gasteiger partial charge in [0.2, 0.25) is 0 Å². The minimum absolute atomic E-state index is 0.0199. The molecule has 1 aliphatic rings. The number of aromatic amines is 1. The van der Waals surface area contributed by atoms with E-state index in [0.717, 1.165) is 36.3 Å². The largest absolute Gasteiger partial charge is 0.368 e. The third-order valence-corrected chi connectivity index (χ3v) is 5.81. The zero-order valence-corrected chi connectivity index (χ0v) is 16.8. The Bertz CT molecular complexity index is 1090. The second kappa shape index (κ2) is 8.39. The fraction of sp³-hybridized carbons (Fsp3) is 0.227. The van der Waals surface area contributed by atoms with Crippen molar-refractivity contribution in [2.45, 2.75) is 25.4 Å². The normalized spacial score (nSPS) is 16.4. The molecule has 0 amide bonds. The fourth-order valence-electron chi connectivity index (χ4n) is 3.57. The van der Waals surface area contributed by atoms with E-state index in [1.54, 1.807) is 6.07 Å². The van der Waals surface area contributed by atoms with Gasteiger partial charge in [-0.1, -0.05) is 47.5 Å². The summed E-state index contributed by atoms with van der Waals surface area (Å²) in [4.78, 5) is 15.6. The molecule has 1 atom stereocenters. The van der Waals surface area contributed by atoms with E-state index in [1.807, 2.05) is 42.5 Å². The van der Waals surface area contributed by atoms with Gasteiger partial charge in [-0.2, -0.15) is 0 Å². The van der Waals surface area contributed by atoms with Crippen molar-refractivity contribution in [2.24, 2.45) is 0 Å². The first-order valence-electron chi connectivity index (χ1n) is 9.32. The Balaban J connectivity index is 1.39. The highest BCUT2D eigenvalue weighted by atomic mass is 35.5. The lowest BCUT2D eigenvalue weighted by molar-refractivity contribution is 0.560. The molecule has 0 fully saturated rings. The predicted molar refractivity (Wildman–Crippen MR) is 117 cm³/mol. The molecule has 4 rings (SSSR count). The topological polar surface area (TPSA) is 56.9 Å². The first-order chi connectivity index (χ1) is 13.6. The van der Waals surface area contributed by atoms with E-state index in [2.05, 4.69) is 21.7 Å². The van der Waals surface area contributed by atoms with E-state index in [9.17, 15) is 4.79 Å². The summed E-state index contributed by atoms with van der Waals surface area (Å²) < 4.78 is 0. The number of pyridine rings is 1. The molecule has 3 N–H and O–H groups in total. The molecule has 6 heteroatoms. The lowest BCUT2D eigenvalue weighted by atomic mass is 10.1. The Labute approximate surface area is 173 Å². The Morgan fingerprint density at radius 1 is 1.04 bits per heavy atom. The molecule has 0 aliphatic heterocycles. The van der Waals surface area contributed by atoms with Gasteiger partial charge in [-0.15, -0.1) is 0 Å². The van der Waals surface area contributed by atoms with Gasteiger partial charge in [-0.25, -0.2) is 0 Å². The maximum Gasteiger partial charge on any atom is 0.191 e. The minimum Gasteiger partial charge on any atom is -0.368 e. The zero-order chi connectivity index (χ0) is 19.5. The van der Waals surface area contributed by atoms with E-state index < -0.39 is 0 Å². The van der Waals surface area contributed by atoms with E-state index in [1.165, 1.54) is 5.57 Å². The monoisotopic (exact) mass is 413 g/mol. The Morgan fingerprint density at radius 2 is 1.89 bits per heavy atom. The molecule has 144 valence electrons. The van der Waals surface area contributed by atoms with E-state index in [-0.39, 0.29) is 5.43 Å². The SMILES string of the molecule is O=c1cc(NCC2=CCCC2NCc2ccc(Cl)c(Cl)c2)[nH]c2ccccc12. The fourth-order valence-corrected chi connectivity index (χ4v) is 3.89. The molecule has 28 heavy (non-hydrogen) atoms. The molecular formula is C22H21Cl2N3O. The third-order valence-electron chi connectivity index (χ3n) is 5.07. The molecule has 1 aliphatic carbocycles. The highest BCUT2D eigenvalue weighted by Crippen LogP contribution is 2.24. The molecule has 0 bridgehead atoms. The molecule has 4 nitrogen and oxygen atoms in total. The van der Waals surface area contributed by atoms with Crippen molar-refractivity contribution in [3.63, 3.8) is 0 Å². The van der Waals surface area contributed by atoms with Crippen LogP contribution in [0.3, 0.4) is 0 Å². The van der Waals surface area contributed by atoms with Crippen LogP contribution in [0.25, 0.3) is 10.9 Å². The molecule has 1 heterocycles. The van der Waals surface area contributed by atoms with E-state index >= 15 is 0 Å². The van der Waals surface area contributed by atoms with Crippen molar-refractivity contribution in [1.82, 2.24) is 10.3 Å². The van der Waals surface area contributed by atoms with E-state index in [0.29, 0.717) is 28.0 Å². The summed E-state index contributed by atoms with van der Waals surface area (Å²) in [7, 11) is 0. The van der Waals surface area contributed by atoms with Crippen molar-refractivity contribution in [1.29, 1.82) is 0 Å². The van der Waals surface area contributed by atoms with Gasteiger partial charge in [-0.3, -0.25) is 4.79 Å². The first-order valence-corrected chi connectivity index (χ1v) is 10.1. The minimum atomic E-state index is 0.0199. The van der Waals surface area contributed by atoms with Crippen molar-refractivity contribution in [3.8, 4) is 0 Å². The van der Waals surface area contributed by atoms with Gasteiger partial charge in [0.05, 0.1) is 15.6 Å². The van der Waals surface area contributed by atoms with Crippen molar-refractivity contribution < 1.29 is 0 Å². The highest BCUT2D eigenvalue weighted by Gasteiger charge is 2.18. The lowest BCUT2D eigenvalue weighted by Gasteiger charge is -2.18. The standard InChI is InChI=1S/C22H21Cl2N3O/c23-17-9-8-14(10-18(17)24)12-25-19-7-3-4-15(19)13-26-22-11-21(28)16-5-1-2-6-20(16)27-22/h1-2,4-6,8-11,19,25H,3,7,12-13H2,(H2,26,27,28). The summed E-state index contributed by atoms with van der Waals surface area (Å²) in [6.45, 7) is 1.42. The number of para-hydroxylation sites is 1. The molecule has 1 unspecified atom stereocenters. The number of H-pyrrole nitrogens is 1. The van der Waals surface area contributed by atoms with Crippen LogP contribution in [-0.2, 0) is 6.54 Å². The van der Waals surface area contributed by atoms with Crippen molar-refractivity contribution in [2.75, 3.05) is 11.9 Å². The second-order valence-electron chi connectivity index (χ2n) is 6.98. The number of rotatable bonds is 6. The zero-order valence-electron chi connectivity index (χ0n) is 15.3. The van der Waals surface area contributed by atoms with Gasteiger partial charge in [0, 0.05) is 30.6 Å². The van der Waals surface area contributed by atoms with Crippen LogP contribution >= 0.6 is 23.2 Å². The van der Waals surface area contributed by atoms with Crippen LogP contribution in [-0.4, -0.2) is 17.6 Å². The summed E-state index contributed by atoms with van der Waals surface area (Å²) in [6.07, 6.45) is 4.37. The average molecular weight is 414 g/mol. The molecule has 2 aromatic carbocycles. The molecule has 1 aromatic heterocycles. The van der Waals surface area contributed by atoms with Gasteiger partial charge >= 0.3 is 0 Å². The molecule has 0 spiro atoms. The highest BCUT2D eigenvalue weighted by molar-refractivity contribution is 6.42. The Morgan fingerprint density at radius 3 is 2.75 bits per heavy atom. The van der Waals surface area contributed by atoms with Gasteiger partial charge < -0.3 is 15.6 Å². The van der Waals surface area contributed by atoms with Gasteiger partial charge in [0.15, 0.2) is 5.43 Å². The molecule has 0 saturated heterocycles. The number of aromatic nitrogens is 1. The molecule has 0 radical (unpaired) electrons. The van der Waals surface area contributed by atoms with Gasteiger partial charge in [0.1, 0.15) is 5.82 Å². The van der Waals surface area contributed by atoms with Crippen LogP contribution in [0.15, 0.2) is 65.0 Å². The number of fused-ring (bicyclic) bond motifs is 1. The van der Waals surface area contributed by atoms with Crippen molar-refractivity contribution >= 4 is 39.9 Å². The number of halogens is 2. The summed E-state index contributed by atoms with van der Waals surface area (Å²) >= 11 is 12.1. The third kappa shape index (κ3) is 4.25. The smallest absolute Gasteiger partial charge is 0.191 e. The quantitative estimate of drug-likeness (QED) is 0.491. The summed E-state index contributed by atoms with van der Waals surface area (Å²) in [5.41, 5.74) is 3.26. The predicted octanol–water partition coefficient (Wildman–Crippen LogP) is 5.13. The first kappa shape index (κ1) is 19.1. The summed E-state index contributed by atoms with van der Waals surface area (Å²) in [5.74, 6) is 0.736. The lowest BCUT2D eigenvalue weighted by Crippen LogP contribution is -2.30. The Kier molecular flexibility index (Phi) is 5.72. The summed E-state index contributed by atoms with van der Waals surface area (Å²) in [6, 6.07) is 15.2. The number of allylic oxidation sites excluding steroid dienone is 1. The molecule has 3 aromatic rings. The van der Waals surface area contributed by atoms with Crippen LogP contribution < -0.4 is 16.1 Å².